The largest absolute Gasteiger partial charge is 0.383 e. The average Bonchev–Trinajstić information content (AvgIpc) is 3.12. The number of ether oxygens (including phenoxy) is 1. The van der Waals surface area contributed by atoms with Gasteiger partial charge in [0.05, 0.1) is 12.0 Å². The summed E-state index contributed by atoms with van der Waals surface area (Å²) in [5.74, 6) is 2.33. The Hall–Kier alpha value is -0.940. The van der Waals surface area contributed by atoms with Crippen LogP contribution in [-0.2, 0) is 21.5 Å². The summed E-state index contributed by atoms with van der Waals surface area (Å²) in [7, 11) is 1.71. The molecular weight excluding hydrogens is 332 g/mol. The Kier molecular flexibility index (Phi) is 4.23. The minimum Gasteiger partial charge on any atom is -0.383 e. The molecular formula is C20H30N2O2S. The Morgan fingerprint density at radius 3 is 2.60 bits per heavy atom. The van der Waals surface area contributed by atoms with Crippen molar-refractivity contribution in [3.05, 3.63) is 15.9 Å². The second-order valence-corrected chi connectivity index (χ2v) is 10.4. The third-order valence-electron chi connectivity index (χ3n) is 6.61. The van der Waals surface area contributed by atoms with Crippen LogP contribution in [0.25, 0.3) is 0 Å². The molecule has 4 bridgehead atoms. The van der Waals surface area contributed by atoms with Gasteiger partial charge in [-0.05, 0) is 55.3 Å². The number of nitrogens with zero attached hydrogens (tertiary/aromatic N) is 2. The zero-order chi connectivity index (χ0) is 17.8. The van der Waals surface area contributed by atoms with E-state index in [-0.39, 0.29) is 16.7 Å². The number of carbonyl (C=O) groups excluding carboxylic acids is 1. The van der Waals surface area contributed by atoms with E-state index < -0.39 is 0 Å². The van der Waals surface area contributed by atoms with E-state index >= 15 is 0 Å². The van der Waals surface area contributed by atoms with Gasteiger partial charge in [0.1, 0.15) is 0 Å². The molecule has 1 amide bonds. The van der Waals surface area contributed by atoms with Crippen molar-refractivity contribution in [2.45, 2.75) is 64.8 Å². The second kappa shape index (κ2) is 6.05. The van der Waals surface area contributed by atoms with E-state index in [1.54, 1.807) is 18.4 Å². The van der Waals surface area contributed by atoms with Crippen molar-refractivity contribution in [1.82, 2.24) is 4.57 Å². The Balaban J connectivity index is 1.68. The molecule has 5 rings (SSSR count). The predicted octanol–water partition coefficient (Wildman–Crippen LogP) is 3.75. The van der Waals surface area contributed by atoms with Crippen LogP contribution in [0.3, 0.4) is 0 Å². The van der Waals surface area contributed by atoms with Crippen LogP contribution in [0.5, 0.6) is 0 Å². The highest BCUT2D eigenvalue weighted by Gasteiger charge is 2.61. The second-order valence-electron chi connectivity index (χ2n) is 9.43. The summed E-state index contributed by atoms with van der Waals surface area (Å²) < 4.78 is 7.36. The third kappa shape index (κ3) is 2.93. The first-order chi connectivity index (χ1) is 11.8. The molecule has 1 aromatic rings. The number of methoxy groups -OCH3 is 1. The van der Waals surface area contributed by atoms with Crippen molar-refractivity contribution in [2.24, 2.45) is 28.2 Å². The maximum atomic E-state index is 13.3. The summed E-state index contributed by atoms with van der Waals surface area (Å²) >= 11 is 1.67. The first-order valence-corrected chi connectivity index (χ1v) is 10.4. The first-order valence-electron chi connectivity index (χ1n) is 9.60. The number of amides is 1. The van der Waals surface area contributed by atoms with Gasteiger partial charge in [-0.25, -0.2) is 0 Å². The third-order valence-corrected chi connectivity index (χ3v) is 8.05. The van der Waals surface area contributed by atoms with Gasteiger partial charge in [0.2, 0.25) is 0 Å². The van der Waals surface area contributed by atoms with Gasteiger partial charge in [0.25, 0.3) is 5.91 Å². The number of thiazole rings is 1. The van der Waals surface area contributed by atoms with Crippen LogP contribution >= 0.6 is 11.3 Å². The maximum Gasteiger partial charge on any atom is 0.254 e. The van der Waals surface area contributed by atoms with E-state index in [4.69, 9.17) is 9.73 Å². The van der Waals surface area contributed by atoms with Gasteiger partial charge in [-0.3, -0.25) is 4.79 Å². The maximum absolute atomic E-state index is 13.3. The molecule has 2 unspecified atom stereocenters. The van der Waals surface area contributed by atoms with E-state index in [0.717, 1.165) is 36.0 Å². The van der Waals surface area contributed by atoms with Crippen LogP contribution in [0.2, 0.25) is 0 Å². The molecule has 1 aromatic heterocycles. The number of aromatic nitrogens is 1. The molecule has 0 aromatic carbocycles. The topological polar surface area (TPSA) is 43.6 Å². The number of rotatable bonds is 4. The standard InChI is InChI=1S/C20H30N2O2S/c1-19(2,3)16-12-22(5-6-24-4)18(25-16)21-17(23)20-10-13-7-14(11-20)9-15(20)8-13/h12-15H,5-11H2,1-4H3/b21-18-. The minimum atomic E-state index is -0.126. The lowest BCUT2D eigenvalue weighted by Gasteiger charge is -2.29. The van der Waals surface area contributed by atoms with Gasteiger partial charge in [-0.15, -0.1) is 11.3 Å². The van der Waals surface area contributed by atoms with Gasteiger partial charge < -0.3 is 9.30 Å². The van der Waals surface area contributed by atoms with Crippen molar-refractivity contribution in [3.8, 4) is 0 Å². The Bertz CT molecular complexity index is 726. The molecule has 5 heteroatoms. The van der Waals surface area contributed by atoms with Crippen LogP contribution in [0.4, 0.5) is 0 Å². The monoisotopic (exact) mass is 362 g/mol. The number of hydrogen-bond acceptors (Lipinski definition) is 3. The highest BCUT2D eigenvalue weighted by molar-refractivity contribution is 7.09. The quantitative estimate of drug-likeness (QED) is 0.819. The molecule has 1 heterocycles. The van der Waals surface area contributed by atoms with E-state index in [1.165, 1.54) is 24.1 Å². The molecule has 4 saturated carbocycles. The van der Waals surface area contributed by atoms with Crippen LogP contribution in [0.15, 0.2) is 11.2 Å². The molecule has 138 valence electrons. The smallest absolute Gasteiger partial charge is 0.254 e. The molecule has 2 atom stereocenters. The van der Waals surface area contributed by atoms with Crippen molar-refractivity contribution < 1.29 is 9.53 Å². The normalized spacial score (nSPS) is 34.2. The van der Waals surface area contributed by atoms with E-state index in [9.17, 15) is 4.79 Å². The fraction of sp³-hybridized carbons (Fsp3) is 0.800. The Morgan fingerprint density at radius 2 is 2.00 bits per heavy atom. The molecule has 0 radical (unpaired) electrons. The van der Waals surface area contributed by atoms with Crippen LogP contribution in [-0.4, -0.2) is 24.2 Å². The van der Waals surface area contributed by atoms with Crippen LogP contribution < -0.4 is 4.80 Å². The van der Waals surface area contributed by atoms with Gasteiger partial charge in [-0.1, -0.05) is 20.8 Å². The molecule has 0 N–H and O–H groups in total. The minimum absolute atomic E-state index is 0.0689. The van der Waals surface area contributed by atoms with Gasteiger partial charge in [-0.2, -0.15) is 4.99 Å². The van der Waals surface area contributed by atoms with E-state index in [2.05, 4.69) is 31.5 Å². The molecule has 4 nitrogen and oxygen atoms in total. The summed E-state index contributed by atoms with van der Waals surface area (Å²) in [6.07, 6.45) is 8.22. The summed E-state index contributed by atoms with van der Waals surface area (Å²) in [5.41, 5.74) is -0.0575. The SMILES string of the molecule is COCCn1cc(C(C)(C)C)s/c1=N\C(=O)C12CC3CC(CC1C3)C2. The van der Waals surface area contributed by atoms with Crippen molar-refractivity contribution in [3.63, 3.8) is 0 Å². The summed E-state index contributed by atoms with van der Waals surface area (Å²) in [4.78, 5) is 20.1. The van der Waals surface area contributed by atoms with Gasteiger partial charge in [0.15, 0.2) is 4.80 Å². The van der Waals surface area contributed by atoms with Crippen molar-refractivity contribution in [1.29, 1.82) is 0 Å². The fourth-order valence-electron chi connectivity index (χ4n) is 5.51. The molecule has 4 fully saturated rings. The molecule has 25 heavy (non-hydrogen) atoms. The van der Waals surface area contributed by atoms with Crippen molar-refractivity contribution >= 4 is 17.2 Å². The predicted molar refractivity (Wildman–Crippen MR) is 99.4 cm³/mol. The average molecular weight is 363 g/mol. The zero-order valence-electron chi connectivity index (χ0n) is 15.9. The molecule has 4 aliphatic rings. The molecule has 0 spiro atoms. The fourth-order valence-corrected chi connectivity index (χ4v) is 6.58. The Labute approximate surface area is 154 Å². The van der Waals surface area contributed by atoms with E-state index in [0.29, 0.717) is 12.5 Å². The molecule has 0 saturated heterocycles. The van der Waals surface area contributed by atoms with E-state index in [1.807, 2.05) is 0 Å². The summed E-state index contributed by atoms with van der Waals surface area (Å²) in [6.45, 7) is 8.01. The van der Waals surface area contributed by atoms with Crippen LogP contribution in [0.1, 0.15) is 57.8 Å². The summed E-state index contributed by atoms with van der Waals surface area (Å²) in [5, 5.41) is 0. The highest BCUT2D eigenvalue weighted by Crippen LogP contribution is 2.65. The lowest BCUT2D eigenvalue weighted by molar-refractivity contribution is -0.129. The Morgan fingerprint density at radius 1 is 1.32 bits per heavy atom. The van der Waals surface area contributed by atoms with Gasteiger partial charge in [0, 0.05) is 24.7 Å². The lowest BCUT2D eigenvalue weighted by Crippen LogP contribution is -2.33. The number of carbonyl (C=O) groups is 1. The first kappa shape index (κ1) is 17.5. The zero-order valence-corrected chi connectivity index (χ0v) is 16.7. The van der Waals surface area contributed by atoms with Crippen LogP contribution in [0, 0.1) is 23.2 Å². The number of hydrogen-bond donors (Lipinski definition) is 0. The summed E-state index contributed by atoms with van der Waals surface area (Å²) in [6, 6.07) is 0. The molecule has 4 aliphatic carbocycles. The molecule has 0 aliphatic heterocycles. The van der Waals surface area contributed by atoms with Crippen molar-refractivity contribution in [2.75, 3.05) is 13.7 Å². The van der Waals surface area contributed by atoms with Gasteiger partial charge >= 0.3 is 0 Å². The lowest BCUT2D eigenvalue weighted by atomic mass is 9.75. The highest BCUT2D eigenvalue weighted by atomic mass is 32.1.